The molecule has 0 bridgehead atoms. The molecular weight excluding hydrogens is 204 g/mol. The minimum Gasteiger partial charge on any atom is -0.377 e. The predicted octanol–water partition coefficient (Wildman–Crippen LogP) is 0.855. The quantitative estimate of drug-likeness (QED) is 0.779. The van der Waals surface area contributed by atoms with Crippen LogP contribution in [0.25, 0.3) is 0 Å². The third kappa shape index (κ3) is 3.46. The summed E-state index contributed by atoms with van der Waals surface area (Å²) in [6.07, 6.45) is 1.06. The molecule has 16 heavy (non-hydrogen) atoms. The van der Waals surface area contributed by atoms with Crippen LogP contribution in [-0.2, 0) is 9.53 Å². The Labute approximate surface area is 98.1 Å². The van der Waals surface area contributed by atoms with Crippen molar-refractivity contribution in [2.75, 3.05) is 26.2 Å². The fourth-order valence-corrected chi connectivity index (χ4v) is 2.09. The summed E-state index contributed by atoms with van der Waals surface area (Å²) < 4.78 is 5.53. The SMILES string of the molecule is CC1CN(C(=O)C(CN)C(C)C)CCCO1. The summed E-state index contributed by atoms with van der Waals surface area (Å²) in [5.41, 5.74) is 5.68. The van der Waals surface area contributed by atoms with Crippen LogP contribution in [0.4, 0.5) is 0 Å². The Morgan fingerprint density at radius 1 is 1.56 bits per heavy atom. The van der Waals surface area contributed by atoms with Crippen LogP contribution in [0, 0.1) is 11.8 Å². The highest BCUT2D eigenvalue weighted by Gasteiger charge is 2.27. The topological polar surface area (TPSA) is 55.6 Å². The van der Waals surface area contributed by atoms with Gasteiger partial charge in [0.1, 0.15) is 0 Å². The summed E-state index contributed by atoms with van der Waals surface area (Å²) in [6, 6.07) is 0. The second kappa shape index (κ2) is 6.21. The Kier molecular flexibility index (Phi) is 5.22. The van der Waals surface area contributed by atoms with E-state index in [2.05, 4.69) is 0 Å². The van der Waals surface area contributed by atoms with Crippen molar-refractivity contribution in [1.82, 2.24) is 4.90 Å². The molecule has 1 saturated heterocycles. The normalized spacial score (nSPS) is 24.3. The summed E-state index contributed by atoms with van der Waals surface area (Å²) >= 11 is 0. The van der Waals surface area contributed by atoms with E-state index in [9.17, 15) is 4.79 Å². The monoisotopic (exact) mass is 228 g/mol. The van der Waals surface area contributed by atoms with Crippen molar-refractivity contribution in [3.05, 3.63) is 0 Å². The summed E-state index contributed by atoms with van der Waals surface area (Å²) in [5.74, 6) is 0.442. The minimum atomic E-state index is -0.0506. The van der Waals surface area contributed by atoms with E-state index in [0.29, 0.717) is 19.0 Å². The lowest BCUT2D eigenvalue weighted by molar-refractivity contribution is -0.137. The molecule has 1 heterocycles. The number of carbonyl (C=O) groups excluding carboxylic acids is 1. The molecule has 2 N–H and O–H groups in total. The molecule has 0 aromatic heterocycles. The zero-order valence-corrected chi connectivity index (χ0v) is 10.6. The van der Waals surface area contributed by atoms with Crippen LogP contribution in [0.5, 0.6) is 0 Å². The molecule has 2 unspecified atom stereocenters. The summed E-state index contributed by atoms with van der Waals surface area (Å²) in [5, 5.41) is 0. The first-order valence-electron chi connectivity index (χ1n) is 6.16. The van der Waals surface area contributed by atoms with Gasteiger partial charge < -0.3 is 15.4 Å². The van der Waals surface area contributed by atoms with Crippen molar-refractivity contribution in [2.45, 2.75) is 33.3 Å². The molecule has 2 atom stereocenters. The molecule has 4 nitrogen and oxygen atoms in total. The molecule has 1 aliphatic heterocycles. The van der Waals surface area contributed by atoms with Gasteiger partial charge in [-0.1, -0.05) is 13.8 Å². The highest BCUT2D eigenvalue weighted by atomic mass is 16.5. The van der Waals surface area contributed by atoms with Gasteiger partial charge in [-0.25, -0.2) is 0 Å². The molecule has 1 fully saturated rings. The van der Waals surface area contributed by atoms with Gasteiger partial charge in [-0.05, 0) is 19.3 Å². The summed E-state index contributed by atoms with van der Waals surface area (Å²) in [4.78, 5) is 14.2. The zero-order valence-electron chi connectivity index (χ0n) is 10.6. The molecule has 0 aromatic rings. The number of nitrogens with two attached hydrogens (primary N) is 1. The molecule has 0 spiro atoms. The van der Waals surface area contributed by atoms with Crippen molar-refractivity contribution >= 4 is 5.91 Å². The second-order valence-corrected chi connectivity index (χ2v) is 4.91. The van der Waals surface area contributed by atoms with Gasteiger partial charge in [0.25, 0.3) is 0 Å². The van der Waals surface area contributed by atoms with Crippen molar-refractivity contribution in [3.8, 4) is 0 Å². The summed E-state index contributed by atoms with van der Waals surface area (Å²) in [6.45, 7) is 8.79. The van der Waals surface area contributed by atoms with Gasteiger partial charge >= 0.3 is 0 Å². The average Bonchev–Trinajstić information content (AvgIpc) is 2.43. The third-order valence-electron chi connectivity index (χ3n) is 3.14. The Bertz CT molecular complexity index is 231. The summed E-state index contributed by atoms with van der Waals surface area (Å²) in [7, 11) is 0. The standard InChI is InChI=1S/C12H24N2O2/c1-9(2)11(7-13)12(15)14-5-4-6-16-10(3)8-14/h9-11H,4-8,13H2,1-3H3. The van der Waals surface area contributed by atoms with Crippen molar-refractivity contribution in [3.63, 3.8) is 0 Å². The van der Waals surface area contributed by atoms with Gasteiger partial charge in [0, 0.05) is 26.2 Å². The van der Waals surface area contributed by atoms with Gasteiger partial charge in [-0.2, -0.15) is 0 Å². The Balaban J connectivity index is 2.63. The van der Waals surface area contributed by atoms with Crippen molar-refractivity contribution in [1.29, 1.82) is 0 Å². The predicted molar refractivity (Wildman–Crippen MR) is 64.0 cm³/mol. The van der Waals surface area contributed by atoms with E-state index in [4.69, 9.17) is 10.5 Å². The lowest BCUT2D eigenvalue weighted by Gasteiger charge is -2.28. The molecule has 1 amide bonds. The maximum absolute atomic E-state index is 12.3. The van der Waals surface area contributed by atoms with E-state index in [1.54, 1.807) is 0 Å². The van der Waals surface area contributed by atoms with E-state index in [-0.39, 0.29) is 17.9 Å². The number of hydrogen-bond acceptors (Lipinski definition) is 3. The minimum absolute atomic E-state index is 0.0506. The molecule has 0 saturated carbocycles. The highest BCUT2D eigenvalue weighted by Crippen LogP contribution is 2.15. The van der Waals surface area contributed by atoms with Crippen LogP contribution in [0.15, 0.2) is 0 Å². The van der Waals surface area contributed by atoms with E-state index in [0.717, 1.165) is 19.6 Å². The van der Waals surface area contributed by atoms with Gasteiger partial charge in [-0.15, -0.1) is 0 Å². The first-order chi connectivity index (χ1) is 7.56. The van der Waals surface area contributed by atoms with Crippen LogP contribution in [0.3, 0.4) is 0 Å². The van der Waals surface area contributed by atoms with Crippen LogP contribution in [-0.4, -0.2) is 43.2 Å². The lowest BCUT2D eigenvalue weighted by Crippen LogP contribution is -2.43. The van der Waals surface area contributed by atoms with Gasteiger partial charge in [0.2, 0.25) is 5.91 Å². The molecule has 0 radical (unpaired) electrons. The van der Waals surface area contributed by atoms with E-state index in [1.165, 1.54) is 0 Å². The van der Waals surface area contributed by atoms with Crippen LogP contribution in [0.2, 0.25) is 0 Å². The largest absolute Gasteiger partial charge is 0.377 e. The maximum atomic E-state index is 12.3. The molecule has 0 aliphatic carbocycles. The van der Waals surface area contributed by atoms with Crippen LogP contribution >= 0.6 is 0 Å². The van der Waals surface area contributed by atoms with Crippen LogP contribution < -0.4 is 5.73 Å². The smallest absolute Gasteiger partial charge is 0.227 e. The molecule has 4 heteroatoms. The van der Waals surface area contributed by atoms with E-state index >= 15 is 0 Å². The second-order valence-electron chi connectivity index (χ2n) is 4.91. The van der Waals surface area contributed by atoms with Crippen LogP contribution in [0.1, 0.15) is 27.2 Å². The first-order valence-corrected chi connectivity index (χ1v) is 6.16. The van der Waals surface area contributed by atoms with Gasteiger partial charge in [0.05, 0.1) is 12.0 Å². The Morgan fingerprint density at radius 3 is 2.81 bits per heavy atom. The number of amides is 1. The number of carbonyl (C=O) groups is 1. The lowest BCUT2D eigenvalue weighted by atomic mass is 9.94. The number of ether oxygens (including phenoxy) is 1. The Hall–Kier alpha value is -0.610. The van der Waals surface area contributed by atoms with E-state index in [1.807, 2.05) is 25.7 Å². The molecular formula is C12H24N2O2. The maximum Gasteiger partial charge on any atom is 0.227 e. The zero-order chi connectivity index (χ0) is 12.1. The highest BCUT2D eigenvalue weighted by molar-refractivity contribution is 5.79. The Morgan fingerprint density at radius 2 is 2.25 bits per heavy atom. The third-order valence-corrected chi connectivity index (χ3v) is 3.14. The fourth-order valence-electron chi connectivity index (χ4n) is 2.09. The number of rotatable bonds is 3. The van der Waals surface area contributed by atoms with Crippen molar-refractivity contribution < 1.29 is 9.53 Å². The molecule has 1 aliphatic rings. The molecule has 0 aromatic carbocycles. The molecule has 1 rings (SSSR count). The fraction of sp³-hybridized carbons (Fsp3) is 0.917. The van der Waals surface area contributed by atoms with Crippen molar-refractivity contribution in [2.24, 2.45) is 17.6 Å². The van der Waals surface area contributed by atoms with Gasteiger partial charge in [0.15, 0.2) is 0 Å². The number of hydrogen-bond donors (Lipinski definition) is 1. The average molecular weight is 228 g/mol. The molecule has 94 valence electrons. The van der Waals surface area contributed by atoms with Gasteiger partial charge in [-0.3, -0.25) is 4.79 Å². The number of nitrogens with zero attached hydrogens (tertiary/aromatic N) is 1. The first kappa shape index (κ1) is 13.5. The van der Waals surface area contributed by atoms with E-state index < -0.39 is 0 Å².